The lowest BCUT2D eigenvalue weighted by Crippen LogP contribution is -2.45. The number of hydrogen-bond donors (Lipinski definition) is 1. The third-order valence-electron chi connectivity index (χ3n) is 4.65. The summed E-state index contributed by atoms with van der Waals surface area (Å²) in [5, 5.41) is 3.69. The van der Waals surface area contributed by atoms with Crippen LogP contribution in [0.2, 0.25) is 10.0 Å². The van der Waals surface area contributed by atoms with Crippen molar-refractivity contribution in [1.82, 2.24) is 0 Å². The quantitative estimate of drug-likeness (QED) is 0.644. The predicted molar refractivity (Wildman–Crippen MR) is 112 cm³/mol. The predicted octanol–water partition coefficient (Wildman–Crippen LogP) is 5.20. The Labute approximate surface area is 172 Å². The van der Waals surface area contributed by atoms with Crippen molar-refractivity contribution in [2.75, 3.05) is 10.2 Å². The summed E-state index contributed by atoms with van der Waals surface area (Å²) in [5.41, 5.74) is 2.73. The monoisotopic (exact) mass is 410 g/mol. The topological polar surface area (TPSA) is 49.4 Å². The van der Waals surface area contributed by atoms with Gasteiger partial charge in [0, 0.05) is 33.4 Å². The van der Waals surface area contributed by atoms with Crippen LogP contribution >= 0.6 is 23.2 Å². The fourth-order valence-corrected chi connectivity index (χ4v) is 3.94. The summed E-state index contributed by atoms with van der Waals surface area (Å²) in [5.74, 6) is -0.506. The molecule has 0 aromatic heterocycles. The summed E-state index contributed by atoms with van der Waals surface area (Å²) < 4.78 is 0. The Bertz CT molecular complexity index is 1030. The molecule has 1 unspecified atom stereocenters. The van der Waals surface area contributed by atoms with E-state index in [1.54, 1.807) is 47.4 Å². The fraction of sp³-hybridized carbons (Fsp3) is 0.0909. The molecule has 0 fully saturated rings. The molecule has 1 heterocycles. The van der Waals surface area contributed by atoms with E-state index in [9.17, 15) is 9.59 Å². The van der Waals surface area contributed by atoms with Gasteiger partial charge in [0.1, 0.15) is 6.04 Å². The SMILES string of the molecule is O=C(Nc1cc(Cl)cc(Cl)c1)C1Cc2ccccc2N1C(=O)c1ccccc1. The van der Waals surface area contributed by atoms with Gasteiger partial charge in [0.25, 0.3) is 5.91 Å². The summed E-state index contributed by atoms with van der Waals surface area (Å²) in [6.45, 7) is 0. The molecular formula is C22H16Cl2N2O2. The van der Waals surface area contributed by atoms with Gasteiger partial charge in [-0.05, 0) is 42.0 Å². The molecule has 0 radical (unpaired) electrons. The van der Waals surface area contributed by atoms with Crippen LogP contribution in [0.25, 0.3) is 0 Å². The van der Waals surface area contributed by atoms with Gasteiger partial charge in [0.05, 0.1) is 0 Å². The van der Waals surface area contributed by atoms with Crippen molar-refractivity contribution < 1.29 is 9.59 Å². The Morgan fingerprint density at radius 2 is 1.54 bits per heavy atom. The van der Waals surface area contributed by atoms with Gasteiger partial charge in [0.15, 0.2) is 0 Å². The van der Waals surface area contributed by atoms with Crippen LogP contribution < -0.4 is 10.2 Å². The first-order valence-electron chi connectivity index (χ1n) is 8.76. The maximum atomic E-state index is 13.2. The lowest BCUT2D eigenvalue weighted by molar-refractivity contribution is -0.117. The number of amides is 2. The third kappa shape index (κ3) is 3.61. The minimum absolute atomic E-state index is 0.213. The van der Waals surface area contributed by atoms with Gasteiger partial charge in [-0.25, -0.2) is 0 Å². The van der Waals surface area contributed by atoms with E-state index in [1.165, 1.54) is 0 Å². The fourth-order valence-electron chi connectivity index (χ4n) is 3.42. The highest BCUT2D eigenvalue weighted by Crippen LogP contribution is 2.34. The third-order valence-corrected chi connectivity index (χ3v) is 5.08. The Kier molecular flexibility index (Phi) is 5.07. The van der Waals surface area contributed by atoms with Crippen LogP contribution in [0.4, 0.5) is 11.4 Å². The number of nitrogens with zero attached hydrogens (tertiary/aromatic N) is 1. The molecule has 1 aliphatic rings. The highest BCUT2D eigenvalue weighted by Gasteiger charge is 2.38. The molecule has 0 bridgehead atoms. The highest BCUT2D eigenvalue weighted by molar-refractivity contribution is 6.35. The van der Waals surface area contributed by atoms with Gasteiger partial charge >= 0.3 is 0 Å². The molecule has 4 rings (SSSR count). The average molecular weight is 411 g/mol. The van der Waals surface area contributed by atoms with E-state index >= 15 is 0 Å². The summed E-state index contributed by atoms with van der Waals surface area (Å²) in [7, 11) is 0. The van der Waals surface area contributed by atoms with E-state index in [0.717, 1.165) is 11.3 Å². The van der Waals surface area contributed by atoms with Crippen molar-refractivity contribution in [1.29, 1.82) is 0 Å². The lowest BCUT2D eigenvalue weighted by atomic mass is 10.1. The normalized spacial score (nSPS) is 15.2. The van der Waals surface area contributed by atoms with Gasteiger partial charge in [-0.3, -0.25) is 14.5 Å². The summed E-state index contributed by atoms with van der Waals surface area (Å²) in [6, 6.07) is 20.7. The van der Waals surface area contributed by atoms with E-state index in [1.807, 2.05) is 30.3 Å². The number of fused-ring (bicyclic) bond motifs is 1. The maximum Gasteiger partial charge on any atom is 0.259 e. The molecule has 0 saturated carbocycles. The first-order valence-corrected chi connectivity index (χ1v) is 9.52. The number of carbonyl (C=O) groups is 2. The van der Waals surface area contributed by atoms with Crippen LogP contribution in [-0.2, 0) is 11.2 Å². The second kappa shape index (κ2) is 7.66. The van der Waals surface area contributed by atoms with Crippen LogP contribution in [0.1, 0.15) is 15.9 Å². The number of benzene rings is 3. The number of para-hydroxylation sites is 1. The number of hydrogen-bond acceptors (Lipinski definition) is 2. The van der Waals surface area contributed by atoms with Gasteiger partial charge in [-0.2, -0.15) is 0 Å². The highest BCUT2D eigenvalue weighted by atomic mass is 35.5. The molecule has 2 amide bonds. The molecule has 0 saturated heterocycles. The Morgan fingerprint density at radius 1 is 0.893 bits per heavy atom. The molecular weight excluding hydrogens is 395 g/mol. The van der Waals surface area contributed by atoms with E-state index < -0.39 is 6.04 Å². The molecule has 1 N–H and O–H groups in total. The standard InChI is InChI=1S/C22H16Cl2N2O2/c23-16-11-17(24)13-18(12-16)25-21(27)20-10-15-8-4-5-9-19(15)26(20)22(28)14-6-2-1-3-7-14/h1-9,11-13,20H,10H2,(H,25,27). The maximum absolute atomic E-state index is 13.2. The smallest absolute Gasteiger partial charge is 0.259 e. The molecule has 1 aliphatic heterocycles. The summed E-state index contributed by atoms with van der Waals surface area (Å²) in [6.07, 6.45) is 0.439. The lowest BCUT2D eigenvalue weighted by Gasteiger charge is -2.25. The van der Waals surface area contributed by atoms with Crippen molar-refractivity contribution in [2.45, 2.75) is 12.5 Å². The van der Waals surface area contributed by atoms with Crippen molar-refractivity contribution in [3.05, 3.63) is 94.0 Å². The molecule has 3 aromatic carbocycles. The second-order valence-corrected chi connectivity index (χ2v) is 7.41. The van der Waals surface area contributed by atoms with E-state index in [4.69, 9.17) is 23.2 Å². The molecule has 28 heavy (non-hydrogen) atoms. The Morgan fingerprint density at radius 3 is 2.25 bits per heavy atom. The first kappa shape index (κ1) is 18.5. The van der Waals surface area contributed by atoms with Crippen molar-refractivity contribution in [3.8, 4) is 0 Å². The van der Waals surface area contributed by atoms with Gasteiger partial charge in [-0.1, -0.05) is 59.6 Å². The zero-order valence-corrected chi connectivity index (χ0v) is 16.2. The average Bonchev–Trinajstić information content (AvgIpc) is 3.07. The molecule has 0 aliphatic carbocycles. The van der Waals surface area contributed by atoms with Crippen LogP contribution in [-0.4, -0.2) is 17.9 Å². The van der Waals surface area contributed by atoms with E-state index in [2.05, 4.69) is 5.32 Å². The minimum Gasteiger partial charge on any atom is -0.324 e. The van der Waals surface area contributed by atoms with Crippen LogP contribution in [0.3, 0.4) is 0 Å². The molecule has 1 atom stereocenters. The van der Waals surface area contributed by atoms with E-state index in [0.29, 0.717) is 27.7 Å². The van der Waals surface area contributed by atoms with Crippen LogP contribution in [0, 0.1) is 0 Å². The Hall–Kier alpha value is -2.82. The first-order chi connectivity index (χ1) is 13.5. The molecule has 4 nitrogen and oxygen atoms in total. The zero-order chi connectivity index (χ0) is 19.7. The summed E-state index contributed by atoms with van der Waals surface area (Å²) >= 11 is 12.1. The van der Waals surface area contributed by atoms with Gasteiger partial charge in [0.2, 0.25) is 5.91 Å². The zero-order valence-electron chi connectivity index (χ0n) is 14.7. The van der Waals surface area contributed by atoms with Crippen LogP contribution in [0.5, 0.6) is 0 Å². The number of carbonyl (C=O) groups excluding carboxylic acids is 2. The van der Waals surface area contributed by atoms with Crippen LogP contribution in [0.15, 0.2) is 72.8 Å². The van der Waals surface area contributed by atoms with Gasteiger partial charge in [-0.15, -0.1) is 0 Å². The van der Waals surface area contributed by atoms with Crippen molar-refractivity contribution in [2.24, 2.45) is 0 Å². The van der Waals surface area contributed by atoms with E-state index in [-0.39, 0.29) is 11.8 Å². The minimum atomic E-state index is -0.664. The molecule has 140 valence electrons. The number of nitrogens with one attached hydrogen (secondary N) is 1. The summed E-state index contributed by atoms with van der Waals surface area (Å²) in [4.78, 5) is 27.8. The molecule has 3 aromatic rings. The second-order valence-electron chi connectivity index (χ2n) is 6.54. The number of anilines is 2. The van der Waals surface area contributed by atoms with Crippen molar-refractivity contribution in [3.63, 3.8) is 0 Å². The number of rotatable bonds is 3. The number of halogens is 2. The Balaban J connectivity index is 1.67. The largest absolute Gasteiger partial charge is 0.324 e. The van der Waals surface area contributed by atoms with Gasteiger partial charge < -0.3 is 5.32 Å². The van der Waals surface area contributed by atoms with Crippen molar-refractivity contribution >= 4 is 46.4 Å². The molecule has 6 heteroatoms. The molecule has 0 spiro atoms.